The maximum atomic E-state index is 12.5. The summed E-state index contributed by atoms with van der Waals surface area (Å²) in [5, 5.41) is 0. The molecule has 25 heavy (non-hydrogen) atoms. The van der Waals surface area contributed by atoms with E-state index in [1.165, 1.54) is 0 Å². The standard InChI is InChI=1S/C17H24N2O5S/c1-3-24-17(21)14-9-11-18(12-10-14)16(20)13-19(25(2,22)23)15-7-5-4-6-8-15/h4-8,14H,3,9-13H2,1-2H3. The Kier molecular flexibility index (Phi) is 6.41. The van der Waals surface area contributed by atoms with Crippen LogP contribution in [-0.4, -0.2) is 57.7 Å². The van der Waals surface area contributed by atoms with Gasteiger partial charge in [0, 0.05) is 13.1 Å². The lowest BCUT2D eigenvalue weighted by molar-refractivity contribution is -0.151. The number of rotatable bonds is 6. The van der Waals surface area contributed by atoms with Crippen LogP contribution >= 0.6 is 0 Å². The van der Waals surface area contributed by atoms with Gasteiger partial charge in [0.2, 0.25) is 15.9 Å². The number of amides is 1. The largest absolute Gasteiger partial charge is 0.466 e. The maximum Gasteiger partial charge on any atom is 0.309 e. The van der Waals surface area contributed by atoms with E-state index in [1.54, 1.807) is 42.2 Å². The molecule has 1 fully saturated rings. The molecule has 1 heterocycles. The van der Waals surface area contributed by atoms with Crippen LogP contribution in [0.15, 0.2) is 30.3 Å². The molecule has 7 nitrogen and oxygen atoms in total. The zero-order valence-electron chi connectivity index (χ0n) is 14.6. The number of anilines is 1. The van der Waals surface area contributed by atoms with E-state index in [9.17, 15) is 18.0 Å². The first kappa shape index (κ1) is 19.2. The summed E-state index contributed by atoms with van der Waals surface area (Å²) in [5.41, 5.74) is 0.458. The van der Waals surface area contributed by atoms with E-state index in [-0.39, 0.29) is 24.3 Å². The van der Waals surface area contributed by atoms with Crippen molar-refractivity contribution in [3.8, 4) is 0 Å². The van der Waals surface area contributed by atoms with E-state index in [0.717, 1.165) is 10.6 Å². The molecule has 0 saturated carbocycles. The Morgan fingerprint density at radius 2 is 1.80 bits per heavy atom. The zero-order chi connectivity index (χ0) is 18.4. The van der Waals surface area contributed by atoms with Crippen molar-refractivity contribution < 1.29 is 22.7 Å². The molecule has 1 aromatic rings. The van der Waals surface area contributed by atoms with Crippen LogP contribution in [-0.2, 0) is 24.3 Å². The van der Waals surface area contributed by atoms with Crippen LogP contribution in [0.3, 0.4) is 0 Å². The Labute approximate surface area is 148 Å². The number of piperidine rings is 1. The topological polar surface area (TPSA) is 84.0 Å². The molecule has 0 unspecified atom stereocenters. The van der Waals surface area contributed by atoms with Crippen molar-refractivity contribution >= 4 is 27.6 Å². The van der Waals surface area contributed by atoms with Crippen molar-refractivity contribution in [1.29, 1.82) is 0 Å². The maximum absolute atomic E-state index is 12.5. The van der Waals surface area contributed by atoms with Crippen LogP contribution in [0, 0.1) is 5.92 Å². The molecule has 2 rings (SSSR count). The number of ether oxygens (including phenoxy) is 1. The number of carbonyl (C=O) groups excluding carboxylic acids is 2. The number of benzene rings is 1. The average molecular weight is 368 g/mol. The first-order valence-corrected chi connectivity index (χ1v) is 10.1. The Bertz CT molecular complexity index is 697. The minimum atomic E-state index is -3.57. The van der Waals surface area contributed by atoms with Gasteiger partial charge in [-0.2, -0.15) is 0 Å². The average Bonchev–Trinajstić information content (AvgIpc) is 2.59. The molecule has 0 aliphatic carbocycles. The summed E-state index contributed by atoms with van der Waals surface area (Å²) in [6, 6.07) is 8.54. The fourth-order valence-corrected chi connectivity index (χ4v) is 3.69. The van der Waals surface area contributed by atoms with Gasteiger partial charge in [0.15, 0.2) is 0 Å². The molecule has 1 aliphatic rings. The lowest BCUT2D eigenvalue weighted by Gasteiger charge is -2.32. The quantitative estimate of drug-likeness (QED) is 0.706. The highest BCUT2D eigenvalue weighted by molar-refractivity contribution is 7.92. The van der Waals surface area contributed by atoms with Gasteiger partial charge in [0.25, 0.3) is 0 Å². The molecule has 1 aliphatic heterocycles. The fourth-order valence-electron chi connectivity index (χ4n) is 2.84. The van der Waals surface area contributed by atoms with E-state index >= 15 is 0 Å². The van der Waals surface area contributed by atoms with Crippen molar-refractivity contribution in [2.24, 2.45) is 5.92 Å². The van der Waals surface area contributed by atoms with Crippen molar-refractivity contribution in [3.63, 3.8) is 0 Å². The second kappa shape index (κ2) is 8.33. The van der Waals surface area contributed by atoms with E-state index in [4.69, 9.17) is 4.74 Å². The minimum Gasteiger partial charge on any atom is -0.466 e. The predicted octanol–water partition coefficient (Wildman–Crippen LogP) is 1.25. The van der Waals surface area contributed by atoms with Crippen LogP contribution in [0.5, 0.6) is 0 Å². The fraction of sp³-hybridized carbons (Fsp3) is 0.529. The zero-order valence-corrected chi connectivity index (χ0v) is 15.4. The summed E-state index contributed by atoms with van der Waals surface area (Å²) in [6.45, 7) is 2.72. The molecule has 8 heteroatoms. The molecule has 0 aromatic heterocycles. The number of carbonyl (C=O) groups is 2. The van der Waals surface area contributed by atoms with Gasteiger partial charge in [0.05, 0.1) is 24.5 Å². The molecule has 0 N–H and O–H groups in total. The van der Waals surface area contributed by atoms with Crippen LogP contribution in [0.2, 0.25) is 0 Å². The predicted molar refractivity (Wildman–Crippen MR) is 94.6 cm³/mol. The number of hydrogen-bond acceptors (Lipinski definition) is 5. The third-order valence-corrected chi connectivity index (χ3v) is 5.33. The van der Waals surface area contributed by atoms with Gasteiger partial charge in [-0.15, -0.1) is 0 Å². The molecular weight excluding hydrogens is 344 g/mol. The molecule has 1 saturated heterocycles. The van der Waals surface area contributed by atoms with Gasteiger partial charge in [-0.25, -0.2) is 8.42 Å². The molecule has 0 spiro atoms. The van der Waals surface area contributed by atoms with Crippen molar-refractivity contribution in [2.45, 2.75) is 19.8 Å². The molecule has 0 bridgehead atoms. The summed E-state index contributed by atoms with van der Waals surface area (Å²) in [5.74, 6) is -0.683. The Morgan fingerprint density at radius 3 is 2.32 bits per heavy atom. The molecule has 138 valence electrons. The Hall–Kier alpha value is -2.09. The highest BCUT2D eigenvalue weighted by atomic mass is 32.2. The summed E-state index contributed by atoms with van der Waals surface area (Å²) in [7, 11) is -3.57. The SMILES string of the molecule is CCOC(=O)C1CCN(C(=O)CN(c2ccccc2)S(C)(=O)=O)CC1. The molecule has 1 amide bonds. The van der Waals surface area contributed by atoms with Crippen LogP contribution in [0.1, 0.15) is 19.8 Å². The third-order valence-electron chi connectivity index (χ3n) is 4.19. The monoisotopic (exact) mass is 368 g/mol. The summed E-state index contributed by atoms with van der Waals surface area (Å²) < 4.78 is 30.2. The second-order valence-electron chi connectivity index (χ2n) is 6.01. The lowest BCUT2D eigenvalue weighted by Crippen LogP contribution is -2.46. The second-order valence-corrected chi connectivity index (χ2v) is 7.92. The van der Waals surface area contributed by atoms with E-state index in [1.807, 2.05) is 0 Å². The minimum absolute atomic E-state index is 0.191. The Morgan fingerprint density at radius 1 is 1.20 bits per heavy atom. The normalized spacial score (nSPS) is 15.7. The van der Waals surface area contributed by atoms with Gasteiger partial charge in [-0.3, -0.25) is 13.9 Å². The van der Waals surface area contributed by atoms with Gasteiger partial charge < -0.3 is 9.64 Å². The Balaban J connectivity index is 2.00. The summed E-state index contributed by atoms with van der Waals surface area (Å²) >= 11 is 0. The highest BCUT2D eigenvalue weighted by Crippen LogP contribution is 2.21. The first-order valence-electron chi connectivity index (χ1n) is 8.30. The van der Waals surface area contributed by atoms with Crippen LogP contribution in [0.25, 0.3) is 0 Å². The number of hydrogen-bond donors (Lipinski definition) is 0. The van der Waals surface area contributed by atoms with Gasteiger partial charge in [-0.05, 0) is 31.9 Å². The van der Waals surface area contributed by atoms with E-state index in [0.29, 0.717) is 38.2 Å². The molecule has 0 radical (unpaired) electrons. The third kappa shape index (κ3) is 5.19. The van der Waals surface area contributed by atoms with E-state index in [2.05, 4.69) is 0 Å². The number of likely N-dealkylation sites (tertiary alicyclic amines) is 1. The van der Waals surface area contributed by atoms with Crippen molar-refractivity contribution in [1.82, 2.24) is 4.90 Å². The molecule has 1 aromatic carbocycles. The van der Waals surface area contributed by atoms with Crippen molar-refractivity contribution in [3.05, 3.63) is 30.3 Å². The van der Waals surface area contributed by atoms with Crippen molar-refractivity contribution in [2.75, 3.05) is 36.8 Å². The van der Waals surface area contributed by atoms with Gasteiger partial charge >= 0.3 is 5.97 Å². The summed E-state index contributed by atoms with van der Waals surface area (Å²) in [6.07, 6.45) is 2.16. The number of sulfonamides is 1. The molecule has 0 atom stereocenters. The van der Waals surface area contributed by atoms with Crippen LogP contribution < -0.4 is 4.31 Å². The lowest BCUT2D eigenvalue weighted by atomic mass is 9.97. The number of nitrogens with zero attached hydrogens (tertiary/aromatic N) is 2. The first-order chi connectivity index (χ1) is 11.8. The highest BCUT2D eigenvalue weighted by Gasteiger charge is 2.30. The summed E-state index contributed by atoms with van der Waals surface area (Å²) in [4.78, 5) is 25.9. The molecular formula is C17H24N2O5S. The number of esters is 1. The van der Waals surface area contributed by atoms with Gasteiger partial charge in [-0.1, -0.05) is 18.2 Å². The van der Waals surface area contributed by atoms with Crippen LogP contribution in [0.4, 0.5) is 5.69 Å². The van der Waals surface area contributed by atoms with Gasteiger partial charge in [0.1, 0.15) is 6.54 Å². The number of para-hydroxylation sites is 1. The van der Waals surface area contributed by atoms with E-state index < -0.39 is 10.0 Å². The smallest absolute Gasteiger partial charge is 0.309 e.